The van der Waals surface area contributed by atoms with Crippen molar-refractivity contribution in [3.63, 3.8) is 0 Å². The highest BCUT2D eigenvalue weighted by atomic mass is 35.5. The highest BCUT2D eigenvalue weighted by Gasteiger charge is 2.20. The Morgan fingerprint density at radius 2 is 2.05 bits per heavy atom. The van der Waals surface area contributed by atoms with Gasteiger partial charge in [-0.05, 0) is 13.0 Å². The number of furan rings is 1. The van der Waals surface area contributed by atoms with Crippen LogP contribution in [0.25, 0.3) is 0 Å². The van der Waals surface area contributed by atoms with Crippen molar-refractivity contribution >= 4 is 17.4 Å². The second-order valence-corrected chi connectivity index (χ2v) is 5.90. The summed E-state index contributed by atoms with van der Waals surface area (Å²) in [6.07, 6.45) is 3.35. The standard InChI is InChI=1S/C14H18ClN3O/c1-9-11(15)17-13(14(2,3)4)18-12(9)16-7-10-5-6-19-8-10/h5-6,8H,7H2,1-4H3,(H,16,17,18). The Balaban J connectivity index is 2.26. The van der Waals surface area contributed by atoms with E-state index in [9.17, 15) is 0 Å². The lowest BCUT2D eigenvalue weighted by molar-refractivity contribution is 0.545. The minimum Gasteiger partial charge on any atom is -0.472 e. The van der Waals surface area contributed by atoms with Crippen LogP contribution in [0.15, 0.2) is 23.0 Å². The Bertz CT molecular complexity index is 559. The first-order chi connectivity index (χ1) is 8.88. The van der Waals surface area contributed by atoms with Gasteiger partial charge in [0.1, 0.15) is 16.8 Å². The highest BCUT2D eigenvalue weighted by Crippen LogP contribution is 2.26. The SMILES string of the molecule is Cc1c(Cl)nc(C(C)(C)C)nc1NCc1ccoc1. The van der Waals surface area contributed by atoms with Crippen molar-refractivity contribution in [1.29, 1.82) is 0 Å². The van der Waals surface area contributed by atoms with Gasteiger partial charge in [0.15, 0.2) is 0 Å². The molecule has 2 heterocycles. The topological polar surface area (TPSA) is 51.0 Å². The average molecular weight is 280 g/mol. The van der Waals surface area contributed by atoms with Crippen molar-refractivity contribution in [2.24, 2.45) is 0 Å². The predicted octanol–water partition coefficient (Wildman–Crippen LogP) is 3.94. The molecule has 0 aliphatic heterocycles. The van der Waals surface area contributed by atoms with Gasteiger partial charge in [0.05, 0.1) is 12.5 Å². The van der Waals surface area contributed by atoms with Crippen molar-refractivity contribution in [3.8, 4) is 0 Å². The van der Waals surface area contributed by atoms with Crippen LogP contribution in [0.3, 0.4) is 0 Å². The highest BCUT2D eigenvalue weighted by molar-refractivity contribution is 6.30. The lowest BCUT2D eigenvalue weighted by atomic mass is 9.95. The number of nitrogens with zero attached hydrogens (tertiary/aromatic N) is 2. The summed E-state index contributed by atoms with van der Waals surface area (Å²) in [7, 11) is 0. The first-order valence-corrected chi connectivity index (χ1v) is 6.55. The summed E-state index contributed by atoms with van der Waals surface area (Å²) < 4.78 is 5.04. The monoisotopic (exact) mass is 279 g/mol. The minimum absolute atomic E-state index is 0.136. The Hall–Kier alpha value is -1.55. The first-order valence-electron chi connectivity index (χ1n) is 6.17. The van der Waals surface area contributed by atoms with E-state index in [4.69, 9.17) is 16.0 Å². The number of halogens is 1. The third-order valence-corrected chi connectivity index (χ3v) is 3.17. The molecule has 4 nitrogen and oxygen atoms in total. The molecule has 2 aromatic rings. The van der Waals surface area contributed by atoms with Crippen LogP contribution in [-0.4, -0.2) is 9.97 Å². The zero-order valence-electron chi connectivity index (χ0n) is 11.6. The molecule has 1 N–H and O–H groups in total. The quantitative estimate of drug-likeness (QED) is 0.865. The molecule has 5 heteroatoms. The Morgan fingerprint density at radius 3 is 2.63 bits per heavy atom. The number of anilines is 1. The molecule has 0 unspecified atom stereocenters. The van der Waals surface area contributed by atoms with E-state index in [1.807, 2.05) is 13.0 Å². The fourth-order valence-corrected chi connectivity index (χ4v) is 1.75. The molecule has 0 aliphatic carbocycles. The molecular formula is C14H18ClN3O. The molecule has 0 atom stereocenters. The second-order valence-electron chi connectivity index (χ2n) is 5.55. The average Bonchev–Trinajstić information content (AvgIpc) is 2.82. The fraction of sp³-hybridized carbons (Fsp3) is 0.429. The smallest absolute Gasteiger partial charge is 0.137 e. The summed E-state index contributed by atoms with van der Waals surface area (Å²) in [6, 6.07) is 1.91. The van der Waals surface area contributed by atoms with Crippen LogP contribution in [0.5, 0.6) is 0 Å². The largest absolute Gasteiger partial charge is 0.472 e. The van der Waals surface area contributed by atoms with E-state index < -0.39 is 0 Å². The molecule has 0 aromatic carbocycles. The zero-order chi connectivity index (χ0) is 14.0. The summed E-state index contributed by atoms with van der Waals surface area (Å²) in [6.45, 7) is 8.75. The van der Waals surface area contributed by atoms with Gasteiger partial charge in [0, 0.05) is 23.1 Å². The van der Waals surface area contributed by atoms with E-state index in [-0.39, 0.29) is 5.41 Å². The van der Waals surface area contributed by atoms with Gasteiger partial charge in [-0.15, -0.1) is 0 Å². The number of hydrogen-bond donors (Lipinski definition) is 1. The molecule has 2 aromatic heterocycles. The zero-order valence-corrected chi connectivity index (χ0v) is 12.4. The Kier molecular flexibility index (Phi) is 3.80. The van der Waals surface area contributed by atoms with Gasteiger partial charge in [0.25, 0.3) is 0 Å². The van der Waals surface area contributed by atoms with E-state index in [0.29, 0.717) is 11.7 Å². The fourth-order valence-electron chi connectivity index (χ4n) is 1.58. The first kappa shape index (κ1) is 13.9. The molecule has 0 saturated heterocycles. The second kappa shape index (κ2) is 5.21. The molecule has 19 heavy (non-hydrogen) atoms. The summed E-state index contributed by atoms with van der Waals surface area (Å²) in [4.78, 5) is 8.91. The van der Waals surface area contributed by atoms with Gasteiger partial charge in [-0.3, -0.25) is 0 Å². The number of nitrogens with one attached hydrogen (secondary N) is 1. The molecule has 0 fully saturated rings. The molecule has 0 radical (unpaired) electrons. The van der Waals surface area contributed by atoms with E-state index in [0.717, 1.165) is 22.8 Å². The third kappa shape index (κ3) is 3.26. The maximum Gasteiger partial charge on any atom is 0.137 e. The van der Waals surface area contributed by atoms with Crippen molar-refractivity contribution < 1.29 is 4.42 Å². The molecule has 0 bridgehead atoms. The van der Waals surface area contributed by atoms with E-state index in [1.54, 1.807) is 12.5 Å². The summed E-state index contributed by atoms with van der Waals surface area (Å²) in [5.41, 5.74) is 1.79. The minimum atomic E-state index is -0.136. The lowest BCUT2D eigenvalue weighted by Gasteiger charge is -2.19. The van der Waals surface area contributed by atoms with Gasteiger partial charge >= 0.3 is 0 Å². The third-order valence-electron chi connectivity index (χ3n) is 2.80. The molecule has 0 amide bonds. The van der Waals surface area contributed by atoms with E-state index in [1.165, 1.54) is 0 Å². The summed E-state index contributed by atoms with van der Waals surface area (Å²) in [5.74, 6) is 1.50. The number of rotatable bonds is 3. The van der Waals surface area contributed by atoms with Gasteiger partial charge in [-0.1, -0.05) is 32.4 Å². The van der Waals surface area contributed by atoms with Gasteiger partial charge in [0.2, 0.25) is 0 Å². The number of aromatic nitrogens is 2. The molecule has 0 spiro atoms. The van der Waals surface area contributed by atoms with E-state index in [2.05, 4.69) is 36.1 Å². The molecule has 0 saturated carbocycles. The normalized spacial score (nSPS) is 11.6. The predicted molar refractivity (Wildman–Crippen MR) is 76.5 cm³/mol. The van der Waals surface area contributed by atoms with Crippen molar-refractivity contribution in [3.05, 3.63) is 40.7 Å². The molecule has 0 aliphatic rings. The maximum absolute atomic E-state index is 6.18. The van der Waals surface area contributed by atoms with Crippen LogP contribution in [0.4, 0.5) is 5.82 Å². The van der Waals surface area contributed by atoms with Crippen LogP contribution in [0.2, 0.25) is 5.15 Å². The van der Waals surface area contributed by atoms with Crippen molar-refractivity contribution in [1.82, 2.24) is 9.97 Å². The Labute approximate surface area is 118 Å². The van der Waals surface area contributed by atoms with Crippen molar-refractivity contribution in [2.75, 3.05) is 5.32 Å². The van der Waals surface area contributed by atoms with Crippen LogP contribution >= 0.6 is 11.6 Å². The Morgan fingerprint density at radius 1 is 1.32 bits per heavy atom. The van der Waals surface area contributed by atoms with Gasteiger partial charge in [-0.25, -0.2) is 9.97 Å². The molecular weight excluding hydrogens is 262 g/mol. The maximum atomic E-state index is 6.18. The van der Waals surface area contributed by atoms with Crippen LogP contribution < -0.4 is 5.32 Å². The van der Waals surface area contributed by atoms with Crippen molar-refractivity contribution in [2.45, 2.75) is 39.7 Å². The van der Waals surface area contributed by atoms with Crippen LogP contribution in [0.1, 0.15) is 37.7 Å². The molecule has 2 rings (SSSR count). The van der Waals surface area contributed by atoms with Crippen LogP contribution in [0, 0.1) is 6.92 Å². The van der Waals surface area contributed by atoms with Gasteiger partial charge in [-0.2, -0.15) is 0 Å². The summed E-state index contributed by atoms with van der Waals surface area (Å²) in [5, 5.41) is 3.77. The van der Waals surface area contributed by atoms with Crippen LogP contribution in [-0.2, 0) is 12.0 Å². The van der Waals surface area contributed by atoms with E-state index >= 15 is 0 Å². The van der Waals surface area contributed by atoms with Gasteiger partial charge < -0.3 is 9.73 Å². The summed E-state index contributed by atoms with van der Waals surface area (Å²) >= 11 is 6.18. The number of hydrogen-bond acceptors (Lipinski definition) is 4. The lowest BCUT2D eigenvalue weighted by Crippen LogP contribution is -2.18. The molecule has 102 valence electrons.